The highest BCUT2D eigenvalue weighted by atomic mass is 32.2. The van der Waals surface area contributed by atoms with Gasteiger partial charge >= 0.3 is 0 Å². The molecule has 2 heterocycles. The summed E-state index contributed by atoms with van der Waals surface area (Å²) in [7, 11) is -3.50. The van der Waals surface area contributed by atoms with Crippen LogP contribution in [0.4, 0.5) is 22.0 Å². The summed E-state index contributed by atoms with van der Waals surface area (Å²) in [6.45, 7) is 2.16. The van der Waals surface area contributed by atoms with Gasteiger partial charge in [0.15, 0.2) is 15.7 Å². The molecule has 31 heavy (non-hydrogen) atoms. The number of hydrogen-bond donors (Lipinski definition) is 3. The fourth-order valence-corrected chi connectivity index (χ4v) is 3.76. The van der Waals surface area contributed by atoms with Crippen LogP contribution in [0.2, 0.25) is 0 Å². The van der Waals surface area contributed by atoms with E-state index in [0.717, 1.165) is 6.26 Å². The van der Waals surface area contributed by atoms with Gasteiger partial charge in [0.1, 0.15) is 17.4 Å². The third-order valence-corrected chi connectivity index (χ3v) is 5.59. The molecule has 0 aliphatic rings. The molecule has 0 aliphatic heterocycles. The lowest BCUT2D eigenvalue weighted by molar-refractivity contribution is 0.339. The molecule has 160 valence electrons. The summed E-state index contributed by atoms with van der Waals surface area (Å²) >= 11 is 0. The lowest BCUT2D eigenvalue weighted by Crippen LogP contribution is -2.04. The molecular formula is C20H19FN6O3S. The Morgan fingerprint density at radius 2 is 2.00 bits per heavy atom. The van der Waals surface area contributed by atoms with Gasteiger partial charge in [-0.1, -0.05) is 0 Å². The number of benzene rings is 2. The van der Waals surface area contributed by atoms with Gasteiger partial charge in [0, 0.05) is 23.4 Å². The first-order valence-corrected chi connectivity index (χ1v) is 11.1. The van der Waals surface area contributed by atoms with Crippen molar-refractivity contribution in [2.24, 2.45) is 0 Å². The summed E-state index contributed by atoms with van der Waals surface area (Å²) in [4.78, 5) is 8.36. The van der Waals surface area contributed by atoms with Crippen molar-refractivity contribution in [2.75, 3.05) is 23.9 Å². The van der Waals surface area contributed by atoms with E-state index in [9.17, 15) is 12.8 Å². The minimum atomic E-state index is -3.50. The summed E-state index contributed by atoms with van der Waals surface area (Å²) in [5.41, 5.74) is 7.37. The SMILES string of the molecule is CCOc1cc(-c2cnc(N)nc2Nc2n[nH]c3ccc(F)cc23)cc(S(C)(=O)=O)c1. The molecule has 0 bridgehead atoms. The predicted octanol–water partition coefficient (Wildman–Crippen LogP) is 3.29. The Morgan fingerprint density at radius 3 is 2.74 bits per heavy atom. The van der Waals surface area contributed by atoms with Gasteiger partial charge in [-0.3, -0.25) is 5.10 Å². The third kappa shape index (κ3) is 4.26. The number of aromatic nitrogens is 4. The van der Waals surface area contributed by atoms with Crippen molar-refractivity contribution in [1.82, 2.24) is 20.2 Å². The smallest absolute Gasteiger partial charge is 0.221 e. The van der Waals surface area contributed by atoms with Crippen LogP contribution in [0.5, 0.6) is 5.75 Å². The number of fused-ring (bicyclic) bond motifs is 1. The summed E-state index contributed by atoms with van der Waals surface area (Å²) < 4.78 is 43.6. The van der Waals surface area contributed by atoms with E-state index in [1.807, 2.05) is 0 Å². The first kappa shape index (κ1) is 20.5. The molecule has 4 rings (SSSR count). The third-order valence-electron chi connectivity index (χ3n) is 4.50. The number of hydrogen-bond acceptors (Lipinski definition) is 8. The predicted molar refractivity (Wildman–Crippen MR) is 115 cm³/mol. The van der Waals surface area contributed by atoms with Gasteiger partial charge in [-0.05, 0) is 48.9 Å². The number of anilines is 3. The van der Waals surface area contributed by atoms with Gasteiger partial charge in [0.05, 0.1) is 17.0 Å². The first-order chi connectivity index (χ1) is 14.7. The summed E-state index contributed by atoms with van der Waals surface area (Å²) in [6, 6.07) is 8.87. The number of sulfone groups is 1. The second-order valence-electron chi connectivity index (χ2n) is 6.78. The lowest BCUT2D eigenvalue weighted by atomic mass is 10.1. The van der Waals surface area contributed by atoms with Gasteiger partial charge in [0.2, 0.25) is 5.95 Å². The van der Waals surface area contributed by atoms with Gasteiger partial charge in [0.25, 0.3) is 0 Å². The second-order valence-corrected chi connectivity index (χ2v) is 8.79. The van der Waals surface area contributed by atoms with E-state index in [1.165, 1.54) is 30.5 Å². The molecule has 0 saturated heterocycles. The molecular weight excluding hydrogens is 423 g/mol. The average molecular weight is 442 g/mol. The van der Waals surface area contributed by atoms with Crippen LogP contribution in [0.15, 0.2) is 47.5 Å². The average Bonchev–Trinajstić information content (AvgIpc) is 3.09. The van der Waals surface area contributed by atoms with E-state index < -0.39 is 15.7 Å². The molecule has 4 N–H and O–H groups in total. The van der Waals surface area contributed by atoms with Crippen molar-refractivity contribution in [3.05, 3.63) is 48.4 Å². The van der Waals surface area contributed by atoms with Crippen LogP contribution in [-0.2, 0) is 9.84 Å². The fourth-order valence-electron chi connectivity index (χ4n) is 3.09. The number of ether oxygens (including phenoxy) is 1. The second kappa shape index (κ2) is 7.84. The maximum atomic E-state index is 13.7. The lowest BCUT2D eigenvalue weighted by Gasteiger charge is -2.13. The molecule has 0 spiro atoms. The topological polar surface area (TPSA) is 136 Å². The minimum Gasteiger partial charge on any atom is -0.494 e. The van der Waals surface area contributed by atoms with E-state index >= 15 is 0 Å². The van der Waals surface area contributed by atoms with Crippen molar-refractivity contribution in [2.45, 2.75) is 11.8 Å². The molecule has 0 radical (unpaired) electrons. The number of aromatic amines is 1. The molecule has 4 aromatic rings. The number of nitrogens with one attached hydrogen (secondary N) is 2. The molecule has 9 nitrogen and oxygen atoms in total. The van der Waals surface area contributed by atoms with Crippen LogP contribution < -0.4 is 15.8 Å². The number of nitrogens with zero attached hydrogens (tertiary/aromatic N) is 3. The van der Waals surface area contributed by atoms with E-state index in [2.05, 4.69) is 25.5 Å². The molecule has 0 aliphatic carbocycles. The zero-order valence-corrected chi connectivity index (χ0v) is 17.5. The zero-order chi connectivity index (χ0) is 22.2. The van der Waals surface area contributed by atoms with Crippen molar-refractivity contribution in [3.8, 4) is 16.9 Å². The molecule has 0 amide bonds. The van der Waals surface area contributed by atoms with Gasteiger partial charge < -0.3 is 15.8 Å². The summed E-state index contributed by atoms with van der Waals surface area (Å²) in [6.07, 6.45) is 2.59. The zero-order valence-electron chi connectivity index (χ0n) is 16.7. The Balaban J connectivity index is 1.85. The Hall–Kier alpha value is -3.73. The van der Waals surface area contributed by atoms with Crippen LogP contribution >= 0.6 is 0 Å². The Morgan fingerprint density at radius 1 is 1.19 bits per heavy atom. The Kier molecular flexibility index (Phi) is 5.19. The van der Waals surface area contributed by atoms with Gasteiger partial charge in [-0.25, -0.2) is 17.8 Å². The summed E-state index contributed by atoms with van der Waals surface area (Å²) in [5.74, 6) is 0.579. The maximum absolute atomic E-state index is 13.7. The van der Waals surface area contributed by atoms with Crippen LogP contribution in [-0.4, -0.2) is 41.4 Å². The van der Waals surface area contributed by atoms with E-state index in [4.69, 9.17) is 10.5 Å². The van der Waals surface area contributed by atoms with E-state index in [-0.39, 0.29) is 16.7 Å². The molecule has 2 aromatic heterocycles. The molecule has 11 heteroatoms. The first-order valence-electron chi connectivity index (χ1n) is 9.26. The molecule has 0 fully saturated rings. The highest BCUT2D eigenvalue weighted by Crippen LogP contribution is 2.34. The van der Waals surface area contributed by atoms with Crippen LogP contribution in [0.25, 0.3) is 22.0 Å². The summed E-state index contributed by atoms with van der Waals surface area (Å²) in [5, 5.41) is 10.5. The number of rotatable bonds is 6. The van der Waals surface area contributed by atoms with Gasteiger partial charge in [-0.15, -0.1) is 0 Å². The monoisotopic (exact) mass is 442 g/mol. The Labute approximate surface area is 177 Å². The molecule has 0 atom stereocenters. The van der Waals surface area contributed by atoms with E-state index in [1.54, 1.807) is 19.1 Å². The molecule has 0 saturated carbocycles. The van der Waals surface area contributed by atoms with Crippen LogP contribution in [0, 0.1) is 5.82 Å². The fraction of sp³-hybridized carbons (Fsp3) is 0.150. The van der Waals surface area contributed by atoms with Crippen LogP contribution in [0.3, 0.4) is 0 Å². The van der Waals surface area contributed by atoms with Gasteiger partial charge in [-0.2, -0.15) is 10.1 Å². The number of nitrogens with two attached hydrogens (primary N) is 1. The largest absolute Gasteiger partial charge is 0.494 e. The maximum Gasteiger partial charge on any atom is 0.221 e. The molecule has 0 unspecified atom stereocenters. The Bertz CT molecular complexity index is 1390. The number of nitrogen functional groups attached to an aromatic ring is 1. The highest BCUT2D eigenvalue weighted by molar-refractivity contribution is 7.90. The minimum absolute atomic E-state index is 0.00145. The highest BCUT2D eigenvalue weighted by Gasteiger charge is 2.17. The van der Waals surface area contributed by atoms with E-state index in [0.29, 0.717) is 40.2 Å². The normalized spacial score (nSPS) is 11.6. The standard InChI is InChI=1S/C20H19FN6O3S/c1-3-30-13-6-11(7-14(9-13)31(2,28)29)16-10-23-20(22)25-18(16)24-19-15-8-12(21)4-5-17(15)26-27-19/h4-10H,3H2,1-2H3,(H4,22,23,24,25,26,27). The van der Waals surface area contributed by atoms with Crippen molar-refractivity contribution >= 4 is 38.3 Å². The van der Waals surface area contributed by atoms with Crippen molar-refractivity contribution in [1.29, 1.82) is 0 Å². The molecule has 2 aromatic carbocycles. The van der Waals surface area contributed by atoms with Crippen molar-refractivity contribution in [3.63, 3.8) is 0 Å². The van der Waals surface area contributed by atoms with Crippen molar-refractivity contribution < 1.29 is 17.5 Å². The van der Waals surface area contributed by atoms with Crippen LogP contribution in [0.1, 0.15) is 6.92 Å². The quantitative estimate of drug-likeness (QED) is 0.414. The number of H-pyrrole nitrogens is 1. The number of halogens is 1.